The average Bonchev–Trinajstić information content (AvgIpc) is 3.27. The van der Waals surface area contributed by atoms with E-state index in [0.29, 0.717) is 11.4 Å². The topological polar surface area (TPSA) is 179 Å². The Morgan fingerprint density at radius 3 is 2.04 bits per heavy atom. The standard InChI is InChI=1S/C15H21N7O4.ClH/c16-2-1-13(23)21-11(3-9-5-17-7-19-9)14(24)22-12(15(25)26)4-10-6-18-8-20-10;/h5-8,11-12H,1-4,16H2,(H,17,19)(H,18,20)(H,21,23)(H,22,24)(H,25,26);1H/t11-,12-;/m0./s1. The minimum atomic E-state index is -1.19. The van der Waals surface area contributed by atoms with E-state index in [2.05, 4.69) is 30.6 Å². The molecule has 0 aliphatic rings. The third-order valence-corrected chi connectivity index (χ3v) is 3.60. The number of hydrogen-bond donors (Lipinski definition) is 6. The molecule has 0 saturated carbocycles. The van der Waals surface area contributed by atoms with E-state index in [1.807, 2.05) is 0 Å². The van der Waals surface area contributed by atoms with Crippen LogP contribution < -0.4 is 16.4 Å². The number of carbonyl (C=O) groups is 3. The first-order valence-electron chi connectivity index (χ1n) is 7.96. The third-order valence-electron chi connectivity index (χ3n) is 3.60. The zero-order valence-corrected chi connectivity index (χ0v) is 15.2. The van der Waals surface area contributed by atoms with Crippen LogP contribution in [-0.2, 0) is 27.2 Å². The summed E-state index contributed by atoms with van der Waals surface area (Å²) < 4.78 is 0. The number of aromatic amines is 2. The Kier molecular flexibility index (Phi) is 8.96. The quantitative estimate of drug-likeness (QED) is 0.288. The number of nitrogens with two attached hydrogens (primary N) is 1. The molecule has 0 bridgehead atoms. The predicted molar refractivity (Wildman–Crippen MR) is 97.0 cm³/mol. The van der Waals surface area contributed by atoms with Crippen molar-refractivity contribution in [3.63, 3.8) is 0 Å². The van der Waals surface area contributed by atoms with Crippen molar-refractivity contribution in [1.82, 2.24) is 30.6 Å². The van der Waals surface area contributed by atoms with Crippen LogP contribution in [0.5, 0.6) is 0 Å². The fourth-order valence-electron chi connectivity index (χ4n) is 2.31. The van der Waals surface area contributed by atoms with Crippen LogP contribution in [0, 0.1) is 0 Å². The maximum absolute atomic E-state index is 12.6. The molecular weight excluding hydrogens is 378 g/mol. The monoisotopic (exact) mass is 399 g/mol. The van der Waals surface area contributed by atoms with Gasteiger partial charge < -0.3 is 31.4 Å². The zero-order valence-electron chi connectivity index (χ0n) is 14.3. The van der Waals surface area contributed by atoms with E-state index >= 15 is 0 Å². The first-order valence-corrected chi connectivity index (χ1v) is 7.96. The van der Waals surface area contributed by atoms with E-state index in [0.717, 1.165) is 0 Å². The number of aliphatic carboxylic acids is 1. The van der Waals surface area contributed by atoms with E-state index < -0.39 is 29.9 Å². The number of imidazole rings is 2. The molecule has 148 valence electrons. The van der Waals surface area contributed by atoms with Crippen LogP contribution in [-0.4, -0.2) is 61.5 Å². The van der Waals surface area contributed by atoms with E-state index in [1.54, 1.807) is 0 Å². The molecule has 2 aromatic heterocycles. The van der Waals surface area contributed by atoms with Crippen LogP contribution >= 0.6 is 12.4 Å². The maximum Gasteiger partial charge on any atom is 0.326 e. The van der Waals surface area contributed by atoms with Gasteiger partial charge in [0.1, 0.15) is 12.1 Å². The van der Waals surface area contributed by atoms with Crippen molar-refractivity contribution in [1.29, 1.82) is 0 Å². The summed E-state index contributed by atoms with van der Waals surface area (Å²) in [6, 6.07) is -2.13. The second-order valence-corrected chi connectivity index (χ2v) is 5.62. The molecule has 0 saturated heterocycles. The van der Waals surface area contributed by atoms with Gasteiger partial charge in [-0.1, -0.05) is 0 Å². The van der Waals surface area contributed by atoms with Gasteiger partial charge in [-0.2, -0.15) is 0 Å². The summed E-state index contributed by atoms with van der Waals surface area (Å²) in [5.41, 5.74) is 6.54. The fraction of sp³-hybridized carbons (Fsp3) is 0.400. The van der Waals surface area contributed by atoms with Gasteiger partial charge in [0, 0.05) is 49.6 Å². The average molecular weight is 400 g/mol. The van der Waals surface area contributed by atoms with Crippen molar-refractivity contribution in [2.75, 3.05) is 6.54 Å². The molecule has 0 unspecified atom stereocenters. The summed E-state index contributed by atoms with van der Waals surface area (Å²) in [4.78, 5) is 49.2. The molecule has 0 aliphatic carbocycles. The molecule has 12 heteroatoms. The highest BCUT2D eigenvalue weighted by atomic mass is 35.5. The van der Waals surface area contributed by atoms with Crippen molar-refractivity contribution >= 4 is 30.2 Å². The second kappa shape index (κ2) is 10.9. The van der Waals surface area contributed by atoms with Crippen molar-refractivity contribution in [3.05, 3.63) is 36.4 Å². The van der Waals surface area contributed by atoms with Crippen LogP contribution in [0.4, 0.5) is 0 Å². The van der Waals surface area contributed by atoms with Crippen molar-refractivity contribution in [2.24, 2.45) is 5.73 Å². The molecule has 2 atom stereocenters. The van der Waals surface area contributed by atoms with Crippen LogP contribution in [0.1, 0.15) is 17.8 Å². The molecule has 7 N–H and O–H groups in total. The van der Waals surface area contributed by atoms with Gasteiger partial charge in [-0.3, -0.25) is 9.59 Å². The van der Waals surface area contributed by atoms with Gasteiger partial charge in [-0.25, -0.2) is 14.8 Å². The number of carbonyl (C=O) groups excluding carboxylic acids is 2. The number of H-pyrrole nitrogens is 2. The largest absolute Gasteiger partial charge is 0.480 e. The molecule has 2 amide bonds. The third kappa shape index (κ3) is 7.07. The molecule has 0 fully saturated rings. The molecule has 11 nitrogen and oxygen atoms in total. The number of nitrogens with one attached hydrogen (secondary N) is 4. The summed E-state index contributed by atoms with van der Waals surface area (Å²) in [5.74, 6) is -2.20. The van der Waals surface area contributed by atoms with Crippen molar-refractivity contribution < 1.29 is 19.5 Å². The summed E-state index contributed by atoms with van der Waals surface area (Å²) in [6.45, 7) is 0.141. The Morgan fingerprint density at radius 2 is 1.59 bits per heavy atom. The number of nitrogens with zero attached hydrogens (tertiary/aromatic N) is 2. The molecule has 2 heterocycles. The lowest BCUT2D eigenvalue weighted by atomic mass is 10.1. The molecule has 0 spiro atoms. The molecule has 27 heavy (non-hydrogen) atoms. The number of carboxylic acids is 1. The minimum Gasteiger partial charge on any atom is -0.480 e. The van der Waals surface area contributed by atoms with Gasteiger partial charge in [0.15, 0.2) is 0 Å². The van der Waals surface area contributed by atoms with Crippen LogP contribution in [0.15, 0.2) is 25.0 Å². The highest BCUT2D eigenvalue weighted by Crippen LogP contribution is 2.03. The first kappa shape index (κ1) is 22.1. The van der Waals surface area contributed by atoms with Gasteiger partial charge in [0.05, 0.1) is 12.7 Å². The van der Waals surface area contributed by atoms with Gasteiger partial charge in [0.2, 0.25) is 11.8 Å². The molecule has 0 aliphatic heterocycles. The highest BCUT2D eigenvalue weighted by Gasteiger charge is 2.27. The molecule has 2 rings (SSSR count). The molecular formula is C15H22ClN7O4. The number of hydrogen-bond acceptors (Lipinski definition) is 6. The molecule has 0 aromatic carbocycles. The Hall–Kier alpha value is -2.92. The van der Waals surface area contributed by atoms with E-state index in [9.17, 15) is 19.5 Å². The maximum atomic E-state index is 12.6. The van der Waals surface area contributed by atoms with Gasteiger partial charge in [-0.15, -0.1) is 12.4 Å². The Bertz CT molecular complexity index is 721. The lowest BCUT2D eigenvalue weighted by Crippen LogP contribution is -2.53. The van der Waals surface area contributed by atoms with Gasteiger partial charge >= 0.3 is 5.97 Å². The Labute approximate surface area is 161 Å². The second-order valence-electron chi connectivity index (χ2n) is 5.62. The summed E-state index contributed by atoms with van der Waals surface area (Å²) >= 11 is 0. The van der Waals surface area contributed by atoms with Crippen molar-refractivity contribution in [2.45, 2.75) is 31.3 Å². The SMILES string of the molecule is Cl.NCCC(=O)N[C@@H](Cc1cnc[nH]1)C(=O)N[C@@H](Cc1cnc[nH]1)C(=O)O. The van der Waals surface area contributed by atoms with Crippen molar-refractivity contribution in [3.8, 4) is 0 Å². The predicted octanol–water partition coefficient (Wildman–Crippen LogP) is -1.26. The number of rotatable bonds is 10. The Morgan fingerprint density at radius 1 is 1.04 bits per heavy atom. The highest BCUT2D eigenvalue weighted by molar-refractivity contribution is 5.90. The van der Waals surface area contributed by atoms with Crippen LogP contribution in [0.2, 0.25) is 0 Å². The fourth-order valence-corrected chi connectivity index (χ4v) is 2.31. The molecule has 0 radical (unpaired) electrons. The summed E-state index contributed by atoms with van der Waals surface area (Å²) in [6.07, 6.45) is 6.10. The molecule has 2 aromatic rings. The zero-order chi connectivity index (χ0) is 18.9. The summed E-state index contributed by atoms with van der Waals surface area (Å²) in [7, 11) is 0. The minimum absolute atomic E-state index is 0. The smallest absolute Gasteiger partial charge is 0.326 e. The van der Waals surface area contributed by atoms with E-state index in [-0.39, 0.29) is 38.2 Å². The number of halogens is 1. The summed E-state index contributed by atoms with van der Waals surface area (Å²) in [5, 5.41) is 14.4. The van der Waals surface area contributed by atoms with E-state index in [1.165, 1.54) is 25.0 Å². The number of carboxylic acid groups (broad SMARTS) is 1. The van der Waals surface area contributed by atoms with E-state index in [4.69, 9.17) is 5.73 Å². The van der Waals surface area contributed by atoms with Gasteiger partial charge in [0.25, 0.3) is 0 Å². The van der Waals surface area contributed by atoms with Crippen LogP contribution in [0.25, 0.3) is 0 Å². The normalized spacial score (nSPS) is 12.5. The van der Waals surface area contributed by atoms with Crippen LogP contribution in [0.3, 0.4) is 0 Å². The number of aromatic nitrogens is 4. The van der Waals surface area contributed by atoms with Gasteiger partial charge in [-0.05, 0) is 0 Å². The number of amides is 2. The lowest BCUT2D eigenvalue weighted by molar-refractivity contribution is -0.142. The lowest BCUT2D eigenvalue weighted by Gasteiger charge is -2.21. The Balaban J connectivity index is 0.00000364. The first-order chi connectivity index (χ1) is 12.5.